The summed E-state index contributed by atoms with van der Waals surface area (Å²) in [7, 11) is 0. The zero-order valence-corrected chi connectivity index (χ0v) is 11.4. The number of aryl methyl sites for hydroxylation is 1. The van der Waals surface area contributed by atoms with Gasteiger partial charge >= 0.3 is 0 Å². The minimum Gasteiger partial charge on any atom is -0.457 e. The van der Waals surface area contributed by atoms with E-state index in [1.54, 1.807) is 44.2 Å². The van der Waals surface area contributed by atoms with Crippen LogP contribution in [0.4, 0.5) is 4.39 Å². The standard InChI is InChI=1S/C15H14ClFO2/c1-9-7-15(13(10(2)18)8-14(9)17)19-12-5-3-11(16)4-6-12/h3-8,10,18H,1-2H3/t10-/m1/s1. The van der Waals surface area contributed by atoms with E-state index in [9.17, 15) is 9.50 Å². The lowest BCUT2D eigenvalue weighted by Crippen LogP contribution is -1.99. The number of halogens is 2. The van der Waals surface area contributed by atoms with Gasteiger partial charge in [0, 0.05) is 10.6 Å². The van der Waals surface area contributed by atoms with Gasteiger partial charge in [0.15, 0.2) is 0 Å². The highest BCUT2D eigenvalue weighted by Crippen LogP contribution is 2.32. The zero-order chi connectivity index (χ0) is 14.0. The van der Waals surface area contributed by atoms with E-state index < -0.39 is 6.10 Å². The monoisotopic (exact) mass is 280 g/mol. The molecule has 4 heteroatoms. The van der Waals surface area contributed by atoms with Crippen molar-refractivity contribution in [1.29, 1.82) is 0 Å². The van der Waals surface area contributed by atoms with E-state index in [1.165, 1.54) is 6.07 Å². The summed E-state index contributed by atoms with van der Waals surface area (Å²) in [6, 6.07) is 9.71. The molecule has 0 saturated heterocycles. The predicted molar refractivity (Wildman–Crippen MR) is 73.3 cm³/mol. The lowest BCUT2D eigenvalue weighted by molar-refractivity contribution is 0.195. The number of hydrogen-bond donors (Lipinski definition) is 1. The topological polar surface area (TPSA) is 29.5 Å². The first-order valence-electron chi connectivity index (χ1n) is 5.89. The average molecular weight is 281 g/mol. The molecule has 100 valence electrons. The Morgan fingerprint density at radius 2 is 1.84 bits per heavy atom. The first kappa shape index (κ1) is 13.8. The highest BCUT2D eigenvalue weighted by molar-refractivity contribution is 6.30. The van der Waals surface area contributed by atoms with E-state index in [0.29, 0.717) is 27.6 Å². The summed E-state index contributed by atoms with van der Waals surface area (Å²) < 4.78 is 19.2. The SMILES string of the molecule is Cc1cc(Oc2ccc(Cl)cc2)c([C@@H](C)O)cc1F. The van der Waals surface area contributed by atoms with Crippen molar-refractivity contribution in [1.82, 2.24) is 0 Å². The Balaban J connectivity index is 2.38. The second-order valence-corrected chi connectivity index (χ2v) is 4.81. The molecule has 0 aromatic heterocycles. The van der Waals surface area contributed by atoms with Gasteiger partial charge in [0.1, 0.15) is 17.3 Å². The minimum absolute atomic E-state index is 0.362. The summed E-state index contributed by atoms with van der Waals surface area (Å²) in [5, 5.41) is 10.3. The maximum atomic E-state index is 13.5. The molecule has 1 N–H and O–H groups in total. The lowest BCUT2D eigenvalue weighted by Gasteiger charge is -2.14. The van der Waals surface area contributed by atoms with Gasteiger partial charge in [-0.15, -0.1) is 0 Å². The van der Waals surface area contributed by atoms with Crippen LogP contribution in [0.5, 0.6) is 11.5 Å². The molecule has 0 unspecified atom stereocenters. The Morgan fingerprint density at radius 3 is 2.42 bits per heavy atom. The molecule has 0 fully saturated rings. The van der Waals surface area contributed by atoms with Crippen molar-refractivity contribution >= 4 is 11.6 Å². The van der Waals surface area contributed by atoms with Crippen molar-refractivity contribution in [3.05, 3.63) is 58.4 Å². The van der Waals surface area contributed by atoms with Crippen LogP contribution < -0.4 is 4.74 Å². The summed E-state index contributed by atoms with van der Waals surface area (Å²) in [6.45, 7) is 3.22. The van der Waals surface area contributed by atoms with Gasteiger partial charge < -0.3 is 9.84 Å². The van der Waals surface area contributed by atoms with Gasteiger partial charge in [-0.3, -0.25) is 0 Å². The van der Waals surface area contributed by atoms with Crippen LogP contribution in [0, 0.1) is 12.7 Å². The third-order valence-electron chi connectivity index (χ3n) is 2.78. The van der Waals surface area contributed by atoms with Gasteiger partial charge in [-0.1, -0.05) is 11.6 Å². The zero-order valence-electron chi connectivity index (χ0n) is 10.7. The van der Waals surface area contributed by atoms with Crippen LogP contribution >= 0.6 is 11.6 Å². The Morgan fingerprint density at radius 1 is 1.21 bits per heavy atom. The molecular weight excluding hydrogens is 267 g/mol. The molecule has 0 amide bonds. The molecule has 2 aromatic carbocycles. The first-order valence-corrected chi connectivity index (χ1v) is 6.26. The molecule has 2 aromatic rings. The molecule has 0 aliphatic heterocycles. The van der Waals surface area contributed by atoms with Crippen molar-refractivity contribution in [2.75, 3.05) is 0 Å². The van der Waals surface area contributed by atoms with Gasteiger partial charge in [-0.05, 0) is 55.8 Å². The van der Waals surface area contributed by atoms with Crippen LogP contribution in [0.25, 0.3) is 0 Å². The van der Waals surface area contributed by atoms with Crippen LogP contribution in [-0.4, -0.2) is 5.11 Å². The number of rotatable bonds is 3. The van der Waals surface area contributed by atoms with Gasteiger partial charge in [0.25, 0.3) is 0 Å². The summed E-state index contributed by atoms with van der Waals surface area (Å²) in [4.78, 5) is 0. The molecule has 2 nitrogen and oxygen atoms in total. The molecule has 0 heterocycles. The van der Waals surface area contributed by atoms with Crippen LogP contribution in [0.1, 0.15) is 24.2 Å². The minimum atomic E-state index is -0.808. The fourth-order valence-corrected chi connectivity index (χ4v) is 1.84. The fraction of sp³-hybridized carbons (Fsp3) is 0.200. The molecule has 0 bridgehead atoms. The van der Waals surface area contributed by atoms with E-state index in [-0.39, 0.29) is 5.82 Å². The Hall–Kier alpha value is -1.58. The fourth-order valence-electron chi connectivity index (χ4n) is 1.71. The van der Waals surface area contributed by atoms with Crippen LogP contribution in [0.2, 0.25) is 5.02 Å². The van der Waals surface area contributed by atoms with Gasteiger partial charge in [0.05, 0.1) is 6.10 Å². The molecule has 0 spiro atoms. The molecule has 1 atom stereocenters. The molecule has 0 radical (unpaired) electrons. The predicted octanol–water partition coefficient (Wildman–Crippen LogP) is 4.63. The smallest absolute Gasteiger partial charge is 0.133 e. The van der Waals surface area contributed by atoms with Crippen molar-refractivity contribution in [2.45, 2.75) is 20.0 Å². The highest BCUT2D eigenvalue weighted by Gasteiger charge is 2.13. The number of benzene rings is 2. The van der Waals surface area contributed by atoms with Crippen molar-refractivity contribution in [3.63, 3.8) is 0 Å². The molecule has 0 saturated carbocycles. The maximum absolute atomic E-state index is 13.5. The second kappa shape index (κ2) is 5.59. The number of aliphatic hydroxyl groups excluding tert-OH is 1. The van der Waals surface area contributed by atoms with Gasteiger partial charge in [0.2, 0.25) is 0 Å². The quantitative estimate of drug-likeness (QED) is 0.888. The van der Waals surface area contributed by atoms with Gasteiger partial charge in [-0.2, -0.15) is 0 Å². The number of hydrogen-bond acceptors (Lipinski definition) is 2. The lowest BCUT2D eigenvalue weighted by atomic mass is 10.1. The molecular formula is C15H14ClFO2. The van der Waals surface area contributed by atoms with Crippen molar-refractivity contribution in [2.24, 2.45) is 0 Å². The molecule has 2 rings (SSSR count). The largest absolute Gasteiger partial charge is 0.457 e. The first-order chi connectivity index (χ1) is 8.97. The summed E-state index contributed by atoms with van der Waals surface area (Å²) in [6.07, 6.45) is -0.808. The van der Waals surface area contributed by atoms with Crippen LogP contribution in [0.3, 0.4) is 0 Å². The van der Waals surface area contributed by atoms with E-state index in [1.807, 2.05) is 0 Å². The third kappa shape index (κ3) is 3.25. The summed E-state index contributed by atoms with van der Waals surface area (Å²) in [5.74, 6) is 0.660. The Labute approximate surface area is 116 Å². The van der Waals surface area contributed by atoms with Crippen molar-refractivity contribution < 1.29 is 14.2 Å². The van der Waals surface area contributed by atoms with Crippen LogP contribution in [-0.2, 0) is 0 Å². The normalized spacial score (nSPS) is 12.3. The Kier molecular flexibility index (Phi) is 4.08. The maximum Gasteiger partial charge on any atom is 0.133 e. The molecule has 0 aliphatic rings. The summed E-state index contributed by atoms with van der Waals surface area (Å²) >= 11 is 5.80. The second-order valence-electron chi connectivity index (χ2n) is 4.37. The Bertz CT molecular complexity index is 579. The van der Waals surface area contributed by atoms with Crippen LogP contribution in [0.15, 0.2) is 36.4 Å². The summed E-state index contributed by atoms with van der Waals surface area (Å²) in [5.41, 5.74) is 0.881. The van der Waals surface area contributed by atoms with E-state index >= 15 is 0 Å². The third-order valence-corrected chi connectivity index (χ3v) is 3.03. The van der Waals surface area contributed by atoms with E-state index in [0.717, 1.165) is 0 Å². The van der Waals surface area contributed by atoms with E-state index in [2.05, 4.69) is 0 Å². The van der Waals surface area contributed by atoms with Crippen molar-refractivity contribution in [3.8, 4) is 11.5 Å². The molecule has 0 aliphatic carbocycles. The number of aliphatic hydroxyl groups is 1. The average Bonchev–Trinajstić information content (AvgIpc) is 2.36. The van der Waals surface area contributed by atoms with Gasteiger partial charge in [-0.25, -0.2) is 4.39 Å². The number of ether oxygens (including phenoxy) is 1. The molecule has 19 heavy (non-hydrogen) atoms. The van der Waals surface area contributed by atoms with E-state index in [4.69, 9.17) is 16.3 Å². The highest BCUT2D eigenvalue weighted by atomic mass is 35.5.